The largest absolute Gasteiger partial charge is 0.0919 e. The Kier molecular flexibility index (Phi) is 14.7. The second-order valence-electron chi connectivity index (χ2n) is 6.05. The van der Waals surface area contributed by atoms with Gasteiger partial charge in [0.05, 0.1) is 0 Å². The Hall–Kier alpha value is -0.260. The monoisotopic (exact) mass is 254 g/mol. The average molecular weight is 255 g/mol. The van der Waals surface area contributed by atoms with Crippen molar-refractivity contribution in [1.82, 2.24) is 0 Å². The zero-order valence-corrected chi connectivity index (χ0v) is 14.3. The van der Waals surface area contributed by atoms with E-state index in [1.54, 1.807) is 0 Å². The number of rotatable bonds is 1. The van der Waals surface area contributed by atoms with E-state index < -0.39 is 0 Å². The molecule has 0 aliphatic heterocycles. The van der Waals surface area contributed by atoms with Gasteiger partial charge in [0.15, 0.2) is 0 Å². The van der Waals surface area contributed by atoms with E-state index in [1.165, 1.54) is 25.7 Å². The number of unbranched alkanes of at least 4 members (excludes halogenated alkanes) is 1. The Morgan fingerprint density at radius 2 is 0.833 bits per heavy atom. The number of hydrogen-bond acceptors (Lipinski definition) is 0. The summed E-state index contributed by atoms with van der Waals surface area (Å²) in [6.07, 6.45) is 9.58. The summed E-state index contributed by atoms with van der Waals surface area (Å²) in [5.41, 5.74) is 0. The topological polar surface area (TPSA) is 0 Å². The van der Waals surface area contributed by atoms with Crippen molar-refractivity contribution in [3.63, 3.8) is 0 Å². The zero-order chi connectivity index (χ0) is 14.6. The number of allylic oxidation sites excluding steroid dienone is 2. The lowest BCUT2D eigenvalue weighted by Crippen LogP contribution is -1.58. The minimum Gasteiger partial charge on any atom is -0.0919 e. The fraction of sp³-hybridized carbons (Fsp3) is 0.889. The van der Waals surface area contributed by atoms with Crippen molar-refractivity contribution in [2.75, 3.05) is 0 Å². The predicted molar refractivity (Wildman–Crippen MR) is 87.0 cm³/mol. The van der Waals surface area contributed by atoms with E-state index in [9.17, 15) is 0 Å². The van der Waals surface area contributed by atoms with E-state index in [1.807, 2.05) is 26.0 Å². The molecule has 0 N–H and O–H groups in total. The minimum absolute atomic E-state index is 1.05. The molecule has 0 bridgehead atoms. The standard InChI is InChI=1S/2C5H10.C4H10.C4H8/c2*1-4-3-5(4)2;2*1-3-4-2/h2*4-5H,3H2,1-2H3;3-4H2,1-2H3;3-4H,1-2H3/b;;;4-3-/t4-,5?;;;/m0.../s1. The second kappa shape index (κ2) is 13.2. The van der Waals surface area contributed by atoms with Gasteiger partial charge in [-0.25, -0.2) is 0 Å². The highest BCUT2D eigenvalue weighted by molar-refractivity contribution is 4.77. The van der Waals surface area contributed by atoms with Crippen LogP contribution in [0.4, 0.5) is 0 Å². The fourth-order valence-corrected chi connectivity index (χ4v) is 1.02. The zero-order valence-electron chi connectivity index (χ0n) is 14.3. The van der Waals surface area contributed by atoms with E-state index >= 15 is 0 Å². The van der Waals surface area contributed by atoms with Crippen molar-refractivity contribution in [2.45, 2.75) is 81.1 Å². The lowest BCUT2D eigenvalue weighted by Gasteiger charge is -1.68. The van der Waals surface area contributed by atoms with Gasteiger partial charge in [-0.15, -0.1) is 0 Å². The smallest absolute Gasteiger partial charge is 0.0414 e. The molecule has 3 unspecified atom stereocenters. The minimum atomic E-state index is 1.05. The molecule has 0 spiro atoms. The Labute approximate surface area is 117 Å². The van der Waals surface area contributed by atoms with Gasteiger partial charge in [0, 0.05) is 0 Å². The molecule has 2 rings (SSSR count). The molecule has 2 fully saturated rings. The molecular formula is C18H38. The van der Waals surface area contributed by atoms with Crippen LogP contribution in [0.25, 0.3) is 0 Å². The summed E-state index contributed by atoms with van der Waals surface area (Å²) in [6, 6.07) is 0. The normalized spacial score (nSPS) is 31.1. The molecule has 0 saturated heterocycles. The Balaban J connectivity index is 0. The molecule has 0 aromatic carbocycles. The first-order valence-electron chi connectivity index (χ1n) is 8.01. The highest BCUT2D eigenvalue weighted by atomic mass is 14.3. The summed E-state index contributed by atoms with van der Waals surface area (Å²) in [7, 11) is 0. The van der Waals surface area contributed by atoms with Crippen molar-refractivity contribution in [1.29, 1.82) is 0 Å². The molecule has 2 aliphatic rings. The maximum absolute atomic E-state index is 2.30. The fourth-order valence-electron chi connectivity index (χ4n) is 1.02. The molecule has 0 heteroatoms. The summed E-state index contributed by atoms with van der Waals surface area (Å²) in [4.78, 5) is 0. The molecule has 2 aliphatic carbocycles. The molecule has 0 aromatic rings. The SMILES string of the molecule is C/C=C\C.CC1CC1C.CC1C[C@@H]1C.CCCC. The van der Waals surface area contributed by atoms with Gasteiger partial charge in [0.25, 0.3) is 0 Å². The van der Waals surface area contributed by atoms with Gasteiger partial charge in [0.2, 0.25) is 0 Å². The van der Waals surface area contributed by atoms with Gasteiger partial charge in [-0.2, -0.15) is 0 Å². The van der Waals surface area contributed by atoms with Crippen molar-refractivity contribution in [2.24, 2.45) is 23.7 Å². The Morgan fingerprint density at radius 1 is 0.667 bits per heavy atom. The van der Waals surface area contributed by atoms with Gasteiger partial charge >= 0.3 is 0 Å². The van der Waals surface area contributed by atoms with Crippen LogP contribution in [0.15, 0.2) is 12.2 Å². The van der Waals surface area contributed by atoms with Crippen molar-refractivity contribution >= 4 is 0 Å². The highest BCUT2D eigenvalue weighted by Gasteiger charge is 2.26. The molecule has 4 atom stereocenters. The van der Waals surface area contributed by atoms with Crippen LogP contribution in [-0.4, -0.2) is 0 Å². The third-order valence-corrected chi connectivity index (χ3v) is 3.86. The van der Waals surface area contributed by atoms with Crippen LogP contribution in [0.5, 0.6) is 0 Å². The molecule has 0 nitrogen and oxygen atoms in total. The third-order valence-electron chi connectivity index (χ3n) is 3.86. The van der Waals surface area contributed by atoms with E-state index in [0.29, 0.717) is 0 Å². The summed E-state index contributed by atoms with van der Waals surface area (Å²) in [5.74, 6) is 4.20. The van der Waals surface area contributed by atoms with E-state index in [2.05, 4.69) is 41.5 Å². The van der Waals surface area contributed by atoms with Crippen LogP contribution in [0.1, 0.15) is 81.1 Å². The van der Waals surface area contributed by atoms with Crippen molar-refractivity contribution < 1.29 is 0 Å². The average Bonchev–Trinajstić information content (AvgIpc) is 3.22. The van der Waals surface area contributed by atoms with Gasteiger partial charge in [-0.05, 0) is 50.4 Å². The summed E-state index contributed by atoms with van der Waals surface area (Å²) < 4.78 is 0. The van der Waals surface area contributed by atoms with Crippen LogP contribution in [0.3, 0.4) is 0 Å². The van der Waals surface area contributed by atoms with Crippen molar-refractivity contribution in [3.8, 4) is 0 Å². The molecule has 110 valence electrons. The van der Waals surface area contributed by atoms with Gasteiger partial charge in [0.1, 0.15) is 0 Å². The maximum atomic E-state index is 2.30. The predicted octanol–water partition coefficient (Wildman–Crippen LogP) is 6.71. The van der Waals surface area contributed by atoms with E-state index in [-0.39, 0.29) is 0 Å². The maximum Gasteiger partial charge on any atom is -0.0414 e. The Bertz CT molecular complexity index is 148. The lowest BCUT2D eigenvalue weighted by atomic mass is 10.4. The molecule has 0 aromatic heterocycles. The van der Waals surface area contributed by atoms with Crippen molar-refractivity contribution in [3.05, 3.63) is 12.2 Å². The number of hydrogen-bond donors (Lipinski definition) is 0. The van der Waals surface area contributed by atoms with Gasteiger partial charge < -0.3 is 0 Å². The second-order valence-corrected chi connectivity index (χ2v) is 6.05. The van der Waals surface area contributed by atoms with Crippen LogP contribution in [0, 0.1) is 23.7 Å². The summed E-state index contributed by atoms with van der Waals surface area (Å²) in [6.45, 7) is 17.5. The third kappa shape index (κ3) is 18.1. The lowest BCUT2D eigenvalue weighted by molar-refractivity contribution is 0.834. The summed E-state index contributed by atoms with van der Waals surface area (Å²) in [5, 5.41) is 0. The van der Waals surface area contributed by atoms with E-state index in [4.69, 9.17) is 0 Å². The molecule has 0 amide bonds. The van der Waals surface area contributed by atoms with Gasteiger partial charge in [-0.3, -0.25) is 0 Å². The molecular weight excluding hydrogens is 216 g/mol. The highest BCUT2D eigenvalue weighted by Crippen LogP contribution is 2.36. The first-order valence-corrected chi connectivity index (χ1v) is 8.01. The Morgan fingerprint density at radius 3 is 0.833 bits per heavy atom. The van der Waals surface area contributed by atoms with Crippen LogP contribution >= 0.6 is 0 Å². The van der Waals surface area contributed by atoms with Crippen LogP contribution in [0.2, 0.25) is 0 Å². The van der Waals surface area contributed by atoms with Crippen LogP contribution in [-0.2, 0) is 0 Å². The van der Waals surface area contributed by atoms with E-state index in [0.717, 1.165) is 23.7 Å². The van der Waals surface area contributed by atoms with Gasteiger partial charge in [-0.1, -0.05) is 66.5 Å². The molecule has 2 saturated carbocycles. The first kappa shape index (κ1) is 20.1. The molecule has 18 heavy (non-hydrogen) atoms. The van der Waals surface area contributed by atoms with Crippen LogP contribution < -0.4 is 0 Å². The molecule has 0 radical (unpaired) electrons. The molecule has 0 heterocycles. The quantitative estimate of drug-likeness (QED) is 0.456. The summed E-state index contributed by atoms with van der Waals surface area (Å²) >= 11 is 0. The first-order chi connectivity index (χ1) is 8.44.